The van der Waals surface area contributed by atoms with Crippen molar-refractivity contribution in [3.63, 3.8) is 0 Å². The Kier molecular flexibility index (Phi) is 5.51. The van der Waals surface area contributed by atoms with Gasteiger partial charge in [0.05, 0.1) is 11.7 Å². The van der Waals surface area contributed by atoms with E-state index in [2.05, 4.69) is 13.8 Å². The molecule has 2 heteroatoms. The van der Waals surface area contributed by atoms with Gasteiger partial charge in [0.15, 0.2) is 0 Å². The standard InChI is InChI=1S/C10H22O2/c1-5-7-10(12-4,8-6-2)9(3)11/h9,11H,5-8H2,1-4H3. The summed E-state index contributed by atoms with van der Waals surface area (Å²) in [5.41, 5.74) is -0.302. The third-order valence-corrected chi connectivity index (χ3v) is 2.51. The fraction of sp³-hybridized carbons (Fsp3) is 1.00. The second-order valence-electron chi connectivity index (χ2n) is 3.44. The number of ether oxygens (including phenoxy) is 1. The first-order valence-corrected chi connectivity index (χ1v) is 4.86. The van der Waals surface area contributed by atoms with Crippen LogP contribution in [0.25, 0.3) is 0 Å². The molecule has 0 fully saturated rings. The van der Waals surface area contributed by atoms with E-state index in [1.54, 1.807) is 7.11 Å². The first-order chi connectivity index (χ1) is 5.63. The van der Waals surface area contributed by atoms with Crippen molar-refractivity contribution in [1.29, 1.82) is 0 Å². The molecular formula is C10H22O2. The van der Waals surface area contributed by atoms with Crippen LogP contribution in [0.4, 0.5) is 0 Å². The molecule has 0 saturated heterocycles. The van der Waals surface area contributed by atoms with Gasteiger partial charge in [0.1, 0.15) is 0 Å². The lowest BCUT2D eigenvalue weighted by molar-refractivity contribution is -0.106. The third-order valence-electron chi connectivity index (χ3n) is 2.51. The van der Waals surface area contributed by atoms with Crippen LogP contribution in [-0.2, 0) is 4.74 Å². The molecule has 0 spiro atoms. The second-order valence-corrected chi connectivity index (χ2v) is 3.44. The molecule has 1 N–H and O–H groups in total. The summed E-state index contributed by atoms with van der Waals surface area (Å²) in [5.74, 6) is 0. The maximum absolute atomic E-state index is 9.60. The van der Waals surface area contributed by atoms with Gasteiger partial charge in [-0.25, -0.2) is 0 Å². The van der Waals surface area contributed by atoms with Crippen molar-refractivity contribution in [3.05, 3.63) is 0 Å². The first-order valence-electron chi connectivity index (χ1n) is 4.86. The number of methoxy groups -OCH3 is 1. The molecule has 0 aromatic carbocycles. The van der Waals surface area contributed by atoms with E-state index in [-0.39, 0.29) is 11.7 Å². The van der Waals surface area contributed by atoms with Gasteiger partial charge in [-0.15, -0.1) is 0 Å². The lowest BCUT2D eigenvalue weighted by atomic mass is 9.87. The molecule has 0 aromatic heterocycles. The third kappa shape index (κ3) is 2.76. The smallest absolute Gasteiger partial charge is 0.0933 e. The van der Waals surface area contributed by atoms with Crippen LogP contribution in [0.15, 0.2) is 0 Å². The Hall–Kier alpha value is -0.0800. The van der Waals surface area contributed by atoms with Gasteiger partial charge in [0, 0.05) is 7.11 Å². The van der Waals surface area contributed by atoms with Crippen molar-refractivity contribution in [2.75, 3.05) is 7.11 Å². The minimum Gasteiger partial charge on any atom is -0.390 e. The zero-order valence-corrected chi connectivity index (χ0v) is 8.76. The summed E-state index contributed by atoms with van der Waals surface area (Å²) in [6.07, 6.45) is 3.61. The number of aliphatic hydroxyl groups is 1. The van der Waals surface area contributed by atoms with Crippen molar-refractivity contribution < 1.29 is 9.84 Å². The molecule has 0 radical (unpaired) electrons. The van der Waals surface area contributed by atoms with Crippen LogP contribution in [0.2, 0.25) is 0 Å². The summed E-state index contributed by atoms with van der Waals surface area (Å²) in [7, 11) is 1.69. The van der Waals surface area contributed by atoms with Crippen LogP contribution < -0.4 is 0 Å². The van der Waals surface area contributed by atoms with Gasteiger partial charge in [-0.3, -0.25) is 0 Å². The molecule has 0 saturated carbocycles. The van der Waals surface area contributed by atoms with Crippen molar-refractivity contribution in [3.8, 4) is 0 Å². The van der Waals surface area contributed by atoms with Crippen LogP contribution in [0.1, 0.15) is 46.5 Å². The summed E-state index contributed by atoms with van der Waals surface area (Å²) in [6, 6.07) is 0. The normalized spacial score (nSPS) is 14.8. The molecule has 1 unspecified atom stereocenters. The fourth-order valence-electron chi connectivity index (χ4n) is 1.76. The molecule has 0 aromatic rings. The van der Waals surface area contributed by atoms with Gasteiger partial charge in [-0.1, -0.05) is 26.7 Å². The number of aliphatic hydroxyl groups excluding tert-OH is 1. The highest BCUT2D eigenvalue weighted by molar-refractivity contribution is 4.84. The Balaban J connectivity index is 4.28. The molecule has 0 aliphatic heterocycles. The number of hydrogen-bond donors (Lipinski definition) is 1. The van der Waals surface area contributed by atoms with E-state index in [1.807, 2.05) is 6.92 Å². The molecule has 0 heterocycles. The molecule has 12 heavy (non-hydrogen) atoms. The van der Waals surface area contributed by atoms with E-state index in [0.29, 0.717) is 0 Å². The maximum Gasteiger partial charge on any atom is 0.0933 e. The van der Waals surface area contributed by atoms with Gasteiger partial charge >= 0.3 is 0 Å². The number of hydrogen-bond acceptors (Lipinski definition) is 2. The average molecular weight is 174 g/mol. The lowest BCUT2D eigenvalue weighted by Gasteiger charge is -2.34. The van der Waals surface area contributed by atoms with Crippen molar-refractivity contribution in [1.82, 2.24) is 0 Å². The second kappa shape index (κ2) is 5.55. The molecule has 0 bridgehead atoms. The molecule has 74 valence electrons. The largest absolute Gasteiger partial charge is 0.390 e. The Bertz CT molecular complexity index is 104. The van der Waals surface area contributed by atoms with E-state index in [9.17, 15) is 5.11 Å². The SMILES string of the molecule is CCCC(CCC)(OC)C(C)O. The monoisotopic (exact) mass is 174 g/mol. The van der Waals surface area contributed by atoms with Gasteiger partial charge in [0.25, 0.3) is 0 Å². The van der Waals surface area contributed by atoms with Crippen molar-refractivity contribution in [2.45, 2.75) is 58.2 Å². The van der Waals surface area contributed by atoms with E-state index in [0.717, 1.165) is 25.7 Å². The highest BCUT2D eigenvalue weighted by Crippen LogP contribution is 2.27. The fourth-order valence-corrected chi connectivity index (χ4v) is 1.76. The lowest BCUT2D eigenvalue weighted by Crippen LogP contribution is -2.42. The summed E-state index contributed by atoms with van der Waals surface area (Å²) in [6.45, 7) is 6.05. The predicted octanol–water partition coefficient (Wildman–Crippen LogP) is 2.35. The Labute approximate surface area is 75.9 Å². The Morgan fingerprint density at radius 3 is 1.83 bits per heavy atom. The summed E-state index contributed by atoms with van der Waals surface area (Å²) in [4.78, 5) is 0. The molecule has 0 rings (SSSR count). The molecule has 0 aliphatic rings. The topological polar surface area (TPSA) is 29.5 Å². The van der Waals surface area contributed by atoms with Crippen molar-refractivity contribution in [2.24, 2.45) is 0 Å². The molecule has 0 aliphatic carbocycles. The Morgan fingerprint density at radius 2 is 1.67 bits per heavy atom. The molecule has 1 atom stereocenters. The zero-order chi connectivity index (χ0) is 9.61. The van der Waals surface area contributed by atoms with Crippen molar-refractivity contribution >= 4 is 0 Å². The zero-order valence-electron chi connectivity index (χ0n) is 8.76. The molecule has 2 nitrogen and oxygen atoms in total. The van der Waals surface area contributed by atoms with Gasteiger partial charge in [0.2, 0.25) is 0 Å². The summed E-state index contributed by atoms with van der Waals surface area (Å²) >= 11 is 0. The maximum atomic E-state index is 9.60. The minimum absolute atomic E-state index is 0.302. The van der Waals surface area contributed by atoms with E-state index in [1.165, 1.54) is 0 Å². The molecular weight excluding hydrogens is 152 g/mol. The highest BCUT2D eigenvalue weighted by Gasteiger charge is 2.33. The van der Waals surface area contributed by atoms with Crippen LogP contribution in [0.5, 0.6) is 0 Å². The van der Waals surface area contributed by atoms with E-state index < -0.39 is 0 Å². The molecule has 0 amide bonds. The number of rotatable bonds is 6. The average Bonchev–Trinajstić information content (AvgIpc) is 2.03. The van der Waals surface area contributed by atoms with Gasteiger partial charge in [-0.2, -0.15) is 0 Å². The van der Waals surface area contributed by atoms with E-state index in [4.69, 9.17) is 4.74 Å². The predicted molar refractivity (Wildman–Crippen MR) is 51.2 cm³/mol. The van der Waals surface area contributed by atoms with E-state index >= 15 is 0 Å². The van der Waals surface area contributed by atoms with Crippen LogP contribution >= 0.6 is 0 Å². The van der Waals surface area contributed by atoms with Gasteiger partial charge < -0.3 is 9.84 Å². The van der Waals surface area contributed by atoms with Crippen LogP contribution in [0, 0.1) is 0 Å². The first kappa shape index (κ1) is 11.9. The highest BCUT2D eigenvalue weighted by atomic mass is 16.5. The van der Waals surface area contributed by atoms with Crippen LogP contribution in [0.3, 0.4) is 0 Å². The summed E-state index contributed by atoms with van der Waals surface area (Å²) in [5, 5.41) is 9.60. The van der Waals surface area contributed by atoms with Crippen LogP contribution in [-0.4, -0.2) is 23.9 Å². The summed E-state index contributed by atoms with van der Waals surface area (Å²) < 4.78 is 5.43. The van der Waals surface area contributed by atoms with Gasteiger partial charge in [-0.05, 0) is 19.8 Å². The quantitative estimate of drug-likeness (QED) is 0.669. The minimum atomic E-state index is -0.373. The Morgan fingerprint density at radius 1 is 1.25 bits per heavy atom.